The summed E-state index contributed by atoms with van der Waals surface area (Å²) in [6, 6.07) is 14.1. The lowest BCUT2D eigenvalue weighted by Gasteiger charge is -2.22. The van der Waals surface area contributed by atoms with Crippen LogP contribution in [0.25, 0.3) is 0 Å². The van der Waals surface area contributed by atoms with E-state index < -0.39 is 5.97 Å². The van der Waals surface area contributed by atoms with Gasteiger partial charge in [0.15, 0.2) is 6.61 Å². The Labute approximate surface area is 176 Å². The van der Waals surface area contributed by atoms with Gasteiger partial charge in [0.2, 0.25) is 0 Å². The van der Waals surface area contributed by atoms with Crippen LogP contribution in [0.2, 0.25) is 0 Å². The molecule has 0 atom stereocenters. The van der Waals surface area contributed by atoms with Crippen molar-refractivity contribution < 1.29 is 23.9 Å². The summed E-state index contributed by atoms with van der Waals surface area (Å²) < 4.78 is 10.7. The SMILES string of the molecule is CC(=O)Oc1cccc(C(=O)N2CCCN(C(=O)COc3ccc(C)cc3)CC2)c1. The zero-order valence-corrected chi connectivity index (χ0v) is 17.3. The number of carbonyl (C=O) groups is 3. The minimum Gasteiger partial charge on any atom is -0.484 e. The Bertz CT molecular complexity index is 910. The Balaban J connectivity index is 1.55. The molecule has 1 aliphatic rings. The first-order valence-electron chi connectivity index (χ1n) is 9.97. The molecule has 2 aromatic rings. The molecule has 1 aliphatic heterocycles. The molecule has 1 fully saturated rings. The molecule has 2 amide bonds. The van der Waals surface area contributed by atoms with Crippen molar-refractivity contribution in [2.75, 3.05) is 32.8 Å². The smallest absolute Gasteiger partial charge is 0.308 e. The lowest BCUT2D eigenvalue weighted by molar-refractivity contribution is -0.133. The third kappa shape index (κ3) is 5.83. The van der Waals surface area contributed by atoms with Crippen molar-refractivity contribution in [3.63, 3.8) is 0 Å². The van der Waals surface area contributed by atoms with Crippen LogP contribution in [0.15, 0.2) is 48.5 Å². The van der Waals surface area contributed by atoms with Crippen LogP contribution in [0.1, 0.15) is 29.3 Å². The molecule has 0 bridgehead atoms. The van der Waals surface area contributed by atoms with Crippen LogP contribution < -0.4 is 9.47 Å². The molecule has 0 aromatic heterocycles. The maximum Gasteiger partial charge on any atom is 0.308 e. The van der Waals surface area contributed by atoms with E-state index in [0.29, 0.717) is 49.7 Å². The maximum absolute atomic E-state index is 12.9. The lowest BCUT2D eigenvalue weighted by atomic mass is 10.2. The van der Waals surface area contributed by atoms with Crippen molar-refractivity contribution >= 4 is 17.8 Å². The van der Waals surface area contributed by atoms with Crippen LogP contribution in [0.3, 0.4) is 0 Å². The van der Waals surface area contributed by atoms with Gasteiger partial charge in [0.05, 0.1) is 0 Å². The van der Waals surface area contributed by atoms with E-state index in [4.69, 9.17) is 9.47 Å². The second-order valence-electron chi connectivity index (χ2n) is 7.25. The summed E-state index contributed by atoms with van der Waals surface area (Å²) in [6.07, 6.45) is 0.686. The van der Waals surface area contributed by atoms with E-state index in [0.717, 1.165) is 5.56 Å². The minimum atomic E-state index is -0.434. The number of esters is 1. The van der Waals surface area contributed by atoms with Gasteiger partial charge >= 0.3 is 5.97 Å². The van der Waals surface area contributed by atoms with Crippen molar-refractivity contribution in [3.05, 3.63) is 59.7 Å². The van der Waals surface area contributed by atoms with Crippen molar-refractivity contribution in [2.24, 2.45) is 0 Å². The Morgan fingerprint density at radius 3 is 2.33 bits per heavy atom. The van der Waals surface area contributed by atoms with Crippen molar-refractivity contribution in [3.8, 4) is 11.5 Å². The first-order chi connectivity index (χ1) is 14.4. The van der Waals surface area contributed by atoms with Gasteiger partial charge in [-0.3, -0.25) is 14.4 Å². The highest BCUT2D eigenvalue weighted by Crippen LogP contribution is 2.17. The molecule has 2 aromatic carbocycles. The fraction of sp³-hybridized carbons (Fsp3) is 0.348. The zero-order valence-electron chi connectivity index (χ0n) is 17.3. The van der Waals surface area contributed by atoms with E-state index in [1.165, 1.54) is 6.92 Å². The fourth-order valence-electron chi connectivity index (χ4n) is 3.28. The van der Waals surface area contributed by atoms with Crippen LogP contribution in [-0.2, 0) is 9.59 Å². The Hall–Kier alpha value is -3.35. The summed E-state index contributed by atoms with van der Waals surface area (Å²) in [5.74, 6) is 0.328. The molecule has 0 aliphatic carbocycles. The molecule has 0 radical (unpaired) electrons. The molecule has 7 heteroatoms. The molecular weight excluding hydrogens is 384 g/mol. The van der Waals surface area contributed by atoms with Gasteiger partial charge in [-0.25, -0.2) is 0 Å². The van der Waals surface area contributed by atoms with E-state index in [9.17, 15) is 14.4 Å². The van der Waals surface area contributed by atoms with E-state index in [1.807, 2.05) is 31.2 Å². The molecule has 158 valence electrons. The Kier molecular flexibility index (Phi) is 7.06. The first-order valence-corrected chi connectivity index (χ1v) is 9.97. The standard InChI is InChI=1S/C23H26N2O5/c1-17-7-9-20(10-8-17)29-16-22(27)24-11-4-12-25(14-13-24)23(28)19-5-3-6-21(15-19)30-18(2)26/h3,5-10,15H,4,11-14,16H2,1-2H3. The average Bonchev–Trinajstić information content (AvgIpc) is 2.99. The van der Waals surface area contributed by atoms with Crippen LogP contribution in [-0.4, -0.2) is 60.4 Å². The summed E-state index contributed by atoms with van der Waals surface area (Å²) >= 11 is 0. The van der Waals surface area contributed by atoms with Crippen LogP contribution in [0.4, 0.5) is 0 Å². The predicted octanol–water partition coefficient (Wildman–Crippen LogP) is 2.67. The molecule has 30 heavy (non-hydrogen) atoms. The van der Waals surface area contributed by atoms with Gasteiger partial charge in [0.1, 0.15) is 11.5 Å². The quantitative estimate of drug-likeness (QED) is 0.560. The van der Waals surface area contributed by atoms with E-state index >= 15 is 0 Å². The van der Waals surface area contributed by atoms with Crippen molar-refractivity contribution in [1.29, 1.82) is 0 Å². The number of carbonyl (C=O) groups excluding carboxylic acids is 3. The summed E-state index contributed by atoms with van der Waals surface area (Å²) in [7, 11) is 0. The second kappa shape index (κ2) is 9.91. The predicted molar refractivity (Wildman–Crippen MR) is 112 cm³/mol. The topological polar surface area (TPSA) is 76.2 Å². The van der Waals surface area contributed by atoms with E-state index in [2.05, 4.69) is 0 Å². The number of amides is 2. The number of rotatable bonds is 5. The average molecular weight is 410 g/mol. The zero-order chi connectivity index (χ0) is 21.5. The molecular formula is C23H26N2O5. The fourth-order valence-corrected chi connectivity index (χ4v) is 3.28. The number of aryl methyl sites for hydroxylation is 1. The summed E-state index contributed by atoms with van der Waals surface area (Å²) in [5.41, 5.74) is 1.58. The van der Waals surface area contributed by atoms with Gasteiger partial charge in [-0.15, -0.1) is 0 Å². The molecule has 7 nitrogen and oxygen atoms in total. The molecule has 3 rings (SSSR count). The number of benzene rings is 2. The molecule has 0 N–H and O–H groups in total. The van der Waals surface area contributed by atoms with Crippen molar-refractivity contribution in [1.82, 2.24) is 9.80 Å². The molecule has 0 spiro atoms. The van der Waals surface area contributed by atoms with Gasteiger partial charge < -0.3 is 19.3 Å². The Morgan fingerprint density at radius 2 is 1.60 bits per heavy atom. The highest BCUT2D eigenvalue weighted by molar-refractivity contribution is 5.94. The highest BCUT2D eigenvalue weighted by Gasteiger charge is 2.23. The lowest BCUT2D eigenvalue weighted by Crippen LogP contribution is -2.39. The summed E-state index contributed by atoms with van der Waals surface area (Å²) in [6.45, 7) is 5.30. The largest absolute Gasteiger partial charge is 0.484 e. The second-order valence-corrected chi connectivity index (χ2v) is 7.25. The van der Waals surface area contributed by atoms with Crippen molar-refractivity contribution in [2.45, 2.75) is 20.3 Å². The maximum atomic E-state index is 12.9. The number of nitrogens with zero attached hydrogens (tertiary/aromatic N) is 2. The van der Waals surface area contributed by atoms with Gasteiger partial charge in [0.25, 0.3) is 11.8 Å². The number of ether oxygens (including phenoxy) is 2. The normalized spacial score (nSPS) is 14.1. The van der Waals surface area contributed by atoms with E-state index in [-0.39, 0.29) is 18.4 Å². The summed E-state index contributed by atoms with van der Waals surface area (Å²) in [5, 5.41) is 0. The van der Waals surface area contributed by atoms with Gasteiger partial charge in [-0.2, -0.15) is 0 Å². The number of hydrogen-bond acceptors (Lipinski definition) is 5. The highest BCUT2D eigenvalue weighted by atomic mass is 16.5. The monoisotopic (exact) mass is 410 g/mol. The molecule has 0 unspecified atom stereocenters. The van der Waals surface area contributed by atoms with Gasteiger partial charge in [-0.05, 0) is 43.7 Å². The molecule has 1 saturated heterocycles. The van der Waals surface area contributed by atoms with E-state index in [1.54, 1.807) is 34.1 Å². The minimum absolute atomic E-state index is 0.0264. The summed E-state index contributed by atoms with van der Waals surface area (Å²) in [4.78, 5) is 40.0. The third-order valence-corrected chi connectivity index (χ3v) is 4.86. The van der Waals surface area contributed by atoms with Gasteiger partial charge in [-0.1, -0.05) is 23.8 Å². The van der Waals surface area contributed by atoms with Crippen LogP contribution in [0.5, 0.6) is 11.5 Å². The Morgan fingerprint density at radius 1 is 0.900 bits per heavy atom. The van der Waals surface area contributed by atoms with Gasteiger partial charge in [0, 0.05) is 38.7 Å². The van der Waals surface area contributed by atoms with Crippen LogP contribution >= 0.6 is 0 Å². The molecule has 0 saturated carbocycles. The van der Waals surface area contributed by atoms with Crippen LogP contribution in [0, 0.1) is 6.92 Å². The third-order valence-electron chi connectivity index (χ3n) is 4.86. The number of hydrogen-bond donors (Lipinski definition) is 0. The molecule has 1 heterocycles. The first kappa shape index (κ1) is 21.4.